The van der Waals surface area contributed by atoms with E-state index in [2.05, 4.69) is 22.0 Å². The van der Waals surface area contributed by atoms with E-state index in [9.17, 15) is 0 Å². The highest BCUT2D eigenvalue weighted by molar-refractivity contribution is 5.78. The highest BCUT2D eigenvalue weighted by Gasteiger charge is 2.09. The number of aromatic nitrogens is 2. The average Bonchev–Trinajstić information content (AvgIpc) is 2.85. The summed E-state index contributed by atoms with van der Waals surface area (Å²) in [4.78, 5) is 4.35. The van der Waals surface area contributed by atoms with E-state index in [1.807, 2.05) is 50.5 Å². The van der Waals surface area contributed by atoms with Crippen LogP contribution >= 0.6 is 0 Å². The normalized spacial score (nSPS) is 11.4. The van der Waals surface area contributed by atoms with Gasteiger partial charge < -0.3 is 11.1 Å². The van der Waals surface area contributed by atoms with Crippen molar-refractivity contribution in [1.82, 2.24) is 15.1 Å². The van der Waals surface area contributed by atoms with Crippen molar-refractivity contribution in [2.24, 2.45) is 17.8 Å². The predicted molar refractivity (Wildman–Crippen MR) is 86.8 cm³/mol. The molecule has 1 heterocycles. The SMILES string of the molecule is C=C(C)CNC(N)=NCc1cn(C)nc1-c1ccccc1. The van der Waals surface area contributed by atoms with Crippen LogP contribution in [0.3, 0.4) is 0 Å². The first kappa shape index (κ1) is 14.8. The second-order valence-corrected chi connectivity index (χ2v) is 5.05. The summed E-state index contributed by atoms with van der Waals surface area (Å²) in [6.45, 7) is 6.88. The number of hydrogen-bond donors (Lipinski definition) is 2. The topological polar surface area (TPSA) is 68.2 Å². The molecule has 2 aromatic rings. The van der Waals surface area contributed by atoms with Crippen molar-refractivity contribution in [3.63, 3.8) is 0 Å². The number of aliphatic imine (C=N–C) groups is 1. The molecule has 0 atom stereocenters. The number of nitrogens with zero attached hydrogens (tertiary/aromatic N) is 3. The van der Waals surface area contributed by atoms with Crippen molar-refractivity contribution in [1.29, 1.82) is 0 Å². The third kappa shape index (κ3) is 4.21. The molecular weight excluding hydrogens is 262 g/mol. The molecule has 0 radical (unpaired) electrons. The van der Waals surface area contributed by atoms with Crippen LogP contribution < -0.4 is 11.1 Å². The van der Waals surface area contributed by atoms with Crippen molar-refractivity contribution < 1.29 is 0 Å². The number of nitrogens with two attached hydrogens (primary N) is 1. The van der Waals surface area contributed by atoms with Gasteiger partial charge in [0.15, 0.2) is 5.96 Å². The molecular formula is C16H21N5. The Morgan fingerprint density at radius 2 is 2.10 bits per heavy atom. The summed E-state index contributed by atoms with van der Waals surface area (Å²) in [6.07, 6.45) is 1.97. The summed E-state index contributed by atoms with van der Waals surface area (Å²) >= 11 is 0. The Bertz CT molecular complexity index is 640. The fraction of sp³-hybridized carbons (Fsp3) is 0.250. The first-order chi connectivity index (χ1) is 10.1. The Labute approximate surface area is 125 Å². The van der Waals surface area contributed by atoms with Crippen molar-refractivity contribution in [2.45, 2.75) is 13.5 Å². The molecule has 0 aliphatic rings. The zero-order chi connectivity index (χ0) is 15.2. The monoisotopic (exact) mass is 283 g/mol. The van der Waals surface area contributed by atoms with Crippen LogP contribution in [0.25, 0.3) is 11.3 Å². The van der Waals surface area contributed by atoms with Gasteiger partial charge in [-0.25, -0.2) is 4.99 Å². The fourth-order valence-corrected chi connectivity index (χ4v) is 1.96. The minimum atomic E-state index is 0.417. The second-order valence-electron chi connectivity index (χ2n) is 5.05. The average molecular weight is 283 g/mol. The van der Waals surface area contributed by atoms with Crippen LogP contribution in [0.15, 0.2) is 53.7 Å². The van der Waals surface area contributed by atoms with E-state index in [0.29, 0.717) is 19.0 Å². The van der Waals surface area contributed by atoms with Gasteiger partial charge in [0.1, 0.15) is 0 Å². The smallest absolute Gasteiger partial charge is 0.189 e. The Balaban J connectivity index is 2.14. The van der Waals surface area contributed by atoms with Gasteiger partial charge in [-0.1, -0.05) is 42.5 Å². The van der Waals surface area contributed by atoms with Crippen LogP contribution in [-0.2, 0) is 13.6 Å². The third-order valence-corrected chi connectivity index (χ3v) is 2.94. The summed E-state index contributed by atoms with van der Waals surface area (Å²) in [7, 11) is 1.91. The Morgan fingerprint density at radius 3 is 2.76 bits per heavy atom. The molecule has 0 unspecified atom stereocenters. The molecule has 0 aliphatic heterocycles. The molecule has 0 amide bonds. The maximum Gasteiger partial charge on any atom is 0.189 e. The number of hydrogen-bond acceptors (Lipinski definition) is 2. The molecule has 5 nitrogen and oxygen atoms in total. The maximum atomic E-state index is 5.84. The summed E-state index contributed by atoms with van der Waals surface area (Å²) in [5, 5.41) is 7.52. The van der Waals surface area contributed by atoms with Gasteiger partial charge in [-0.3, -0.25) is 4.68 Å². The van der Waals surface area contributed by atoms with Gasteiger partial charge in [0, 0.05) is 30.9 Å². The van der Waals surface area contributed by atoms with Gasteiger partial charge in [0.2, 0.25) is 0 Å². The lowest BCUT2D eigenvalue weighted by Gasteiger charge is -2.05. The zero-order valence-electron chi connectivity index (χ0n) is 12.5. The van der Waals surface area contributed by atoms with Gasteiger partial charge >= 0.3 is 0 Å². The first-order valence-corrected chi connectivity index (χ1v) is 6.82. The minimum Gasteiger partial charge on any atom is -0.370 e. The summed E-state index contributed by atoms with van der Waals surface area (Å²) < 4.78 is 1.80. The molecule has 0 saturated heterocycles. The second kappa shape index (κ2) is 6.74. The van der Waals surface area contributed by atoms with E-state index in [-0.39, 0.29) is 0 Å². The molecule has 0 spiro atoms. The quantitative estimate of drug-likeness (QED) is 0.501. The molecule has 0 saturated carbocycles. The zero-order valence-corrected chi connectivity index (χ0v) is 12.5. The lowest BCUT2D eigenvalue weighted by atomic mass is 10.1. The molecule has 2 rings (SSSR count). The highest BCUT2D eigenvalue weighted by Crippen LogP contribution is 2.21. The summed E-state index contributed by atoms with van der Waals surface area (Å²) in [5.74, 6) is 0.417. The number of guanidine groups is 1. The lowest BCUT2D eigenvalue weighted by molar-refractivity contribution is 0.769. The third-order valence-electron chi connectivity index (χ3n) is 2.94. The lowest BCUT2D eigenvalue weighted by Crippen LogP contribution is -2.32. The Kier molecular flexibility index (Phi) is 4.77. The van der Waals surface area contributed by atoms with Crippen LogP contribution in [0, 0.1) is 0 Å². The van der Waals surface area contributed by atoms with Crippen LogP contribution in [0.4, 0.5) is 0 Å². The number of rotatable bonds is 5. The van der Waals surface area contributed by atoms with E-state index < -0.39 is 0 Å². The standard InChI is InChI=1S/C16H21N5/c1-12(2)9-18-16(17)19-10-14-11-21(3)20-15(14)13-7-5-4-6-8-13/h4-8,11H,1,9-10H2,2-3H3,(H3,17,18,19). The van der Waals surface area contributed by atoms with Gasteiger partial charge in [0.05, 0.1) is 12.2 Å². The van der Waals surface area contributed by atoms with Crippen molar-refractivity contribution in [3.8, 4) is 11.3 Å². The Morgan fingerprint density at radius 1 is 1.38 bits per heavy atom. The minimum absolute atomic E-state index is 0.417. The van der Waals surface area contributed by atoms with Gasteiger partial charge in [-0.2, -0.15) is 5.10 Å². The van der Waals surface area contributed by atoms with Gasteiger partial charge in [-0.15, -0.1) is 0 Å². The van der Waals surface area contributed by atoms with Crippen LogP contribution in [0.1, 0.15) is 12.5 Å². The molecule has 21 heavy (non-hydrogen) atoms. The Hall–Kier alpha value is -2.56. The van der Waals surface area contributed by atoms with E-state index in [4.69, 9.17) is 5.73 Å². The van der Waals surface area contributed by atoms with Gasteiger partial charge in [-0.05, 0) is 6.92 Å². The van der Waals surface area contributed by atoms with Crippen molar-refractivity contribution in [2.75, 3.05) is 6.54 Å². The van der Waals surface area contributed by atoms with E-state index in [1.165, 1.54) is 0 Å². The van der Waals surface area contributed by atoms with Gasteiger partial charge in [0.25, 0.3) is 0 Å². The van der Waals surface area contributed by atoms with E-state index in [1.54, 1.807) is 4.68 Å². The largest absolute Gasteiger partial charge is 0.370 e. The molecule has 0 fully saturated rings. The summed E-state index contributed by atoms with van der Waals surface area (Å²) in [6, 6.07) is 10.1. The van der Waals surface area contributed by atoms with Crippen molar-refractivity contribution >= 4 is 5.96 Å². The first-order valence-electron chi connectivity index (χ1n) is 6.82. The maximum absolute atomic E-state index is 5.84. The molecule has 5 heteroatoms. The summed E-state index contributed by atoms with van der Waals surface area (Å²) in [5.41, 5.74) is 9.91. The van der Waals surface area contributed by atoms with E-state index >= 15 is 0 Å². The molecule has 3 N–H and O–H groups in total. The number of benzene rings is 1. The van der Waals surface area contributed by atoms with Crippen LogP contribution in [0.5, 0.6) is 0 Å². The number of nitrogens with one attached hydrogen (secondary N) is 1. The highest BCUT2D eigenvalue weighted by atomic mass is 15.3. The fourth-order valence-electron chi connectivity index (χ4n) is 1.96. The number of aryl methyl sites for hydroxylation is 1. The van der Waals surface area contributed by atoms with Crippen LogP contribution in [0.2, 0.25) is 0 Å². The molecule has 1 aromatic carbocycles. The van der Waals surface area contributed by atoms with Crippen LogP contribution in [-0.4, -0.2) is 22.3 Å². The molecule has 0 bridgehead atoms. The van der Waals surface area contributed by atoms with E-state index in [0.717, 1.165) is 22.4 Å². The molecule has 110 valence electrons. The molecule has 0 aliphatic carbocycles. The molecule has 1 aromatic heterocycles. The predicted octanol–water partition coefficient (Wildman–Crippen LogP) is 2.07. The van der Waals surface area contributed by atoms with Crippen molar-refractivity contribution in [3.05, 3.63) is 54.2 Å².